The molecule has 14 heavy (non-hydrogen) atoms. The fraction of sp³-hybridized carbons (Fsp3) is 0.692. The molecule has 0 aromatic heterocycles. The Morgan fingerprint density at radius 1 is 0.857 bits per heavy atom. The summed E-state index contributed by atoms with van der Waals surface area (Å²) < 4.78 is 0.937. The van der Waals surface area contributed by atoms with Crippen LogP contribution >= 0.6 is 0 Å². The molecule has 3 aliphatic carbocycles. The molecule has 0 nitrogen and oxygen atoms in total. The molecule has 1 heteroatoms. The summed E-state index contributed by atoms with van der Waals surface area (Å²) in [6.45, 7) is 0. The van der Waals surface area contributed by atoms with E-state index in [1.165, 1.54) is 25.7 Å². The van der Waals surface area contributed by atoms with E-state index < -0.39 is 0 Å². The molecule has 3 rings (SSSR count). The average molecular weight is 180 g/mol. The summed E-state index contributed by atoms with van der Waals surface area (Å²) >= 11 is 2.48. The van der Waals surface area contributed by atoms with Gasteiger partial charge in [-0.1, -0.05) is 0 Å². The second-order valence-corrected chi connectivity index (χ2v) is 5.40. The van der Waals surface area contributed by atoms with E-state index in [4.69, 9.17) is 0 Å². The van der Waals surface area contributed by atoms with E-state index in [0.717, 1.165) is 28.3 Å². The summed E-state index contributed by atoms with van der Waals surface area (Å²) in [5, 5.41) is 0. The van der Waals surface area contributed by atoms with Crippen LogP contribution in [0.25, 0.3) is 0 Å². The molecule has 0 spiro atoms. The van der Waals surface area contributed by atoms with Gasteiger partial charge in [0, 0.05) is 0 Å². The van der Waals surface area contributed by atoms with Gasteiger partial charge in [0.05, 0.1) is 0 Å². The zero-order valence-electron chi connectivity index (χ0n) is 9.02. The monoisotopic (exact) mass is 180 g/mol. The Morgan fingerprint density at radius 2 is 1.50 bits per heavy atom. The van der Waals surface area contributed by atoms with Gasteiger partial charge < -0.3 is 0 Å². The van der Waals surface area contributed by atoms with E-state index in [1.54, 1.807) is 0 Å². The molecule has 0 aromatic rings. The molecule has 0 amide bonds. The molecule has 2 saturated carbocycles. The van der Waals surface area contributed by atoms with Crippen LogP contribution in [0, 0.1) is 23.7 Å². The average Bonchev–Trinajstić information content (AvgIpc) is 2.55. The number of allylic oxidation sites excluding steroid dienone is 4. The molecule has 0 N–H and O–H groups in total. The maximum atomic E-state index is 2.48. The Kier molecular flexibility index (Phi) is 2.38. The first-order valence-corrected chi connectivity index (χ1v) is 6.23. The number of rotatable bonds is 0. The zero-order chi connectivity index (χ0) is 9.54. The molecular formula is C13H17Li. The van der Waals surface area contributed by atoms with Gasteiger partial charge in [0.2, 0.25) is 0 Å². The van der Waals surface area contributed by atoms with Crippen LogP contribution in [0.1, 0.15) is 25.7 Å². The quantitative estimate of drug-likeness (QED) is 0.502. The van der Waals surface area contributed by atoms with Gasteiger partial charge in [0.1, 0.15) is 0 Å². The maximum absolute atomic E-state index is 2.48. The molecule has 0 bridgehead atoms. The first-order valence-electron chi connectivity index (χ1n) is 6.23. The van der Waals surface area contributed by atoms with E-state index in [9.17, 15) is 0 Å². The summed E-state index contributed by atoms with van der Waals surface area (Å²) in [6.07, 6.45) is 15.4. The van der Waals surface area contributed by atoms with Crippen LogP contribution in [0.2, 0.25) is 4.59 Å². The summed E-state index contributed by atoms with van der Waals surface area (Å²) in [5.41, 5.74) is 0. The number of fused-ring (bicyclic) bond motifs is 3. The van der Waals surface area contributed by atoms with E-state index in [2.05, 4.69) is 42.0 Å². The summed E-state index contributed by atoms with van der Waals surface area (Å²) in [6, 6.07) is 0. The molecule has 0 aliphatic heterocycles. The normalized spacial score (nSPS) is 50.3. The second kappa shape index (κ2) is 3.58. The van der Waals surface area contributed by atoms with Gasteiger partial charge in [-0.25, -0.2) is 0 Å². The molecular weight excluding hydrogens is 163 g/mol. The first kappa shape index (κ1) is 9.31. The van der Waals surface area contributed by atoms with E-state index in [-0.39, 0.29) is 0 Å². The molecule has 0 aromatic carbocycles. The van der Waals surface area contributed by atoms with Crippen molar-refractivity contribution >= 4 is 17.7 Å². The van der Waals surface area contributed by atoms with Gasteiger partial charge in [-0.05, 0) is 0 Å². The summed E-state index contributed by atoms with van der Waals surface area (Å²) in [5.74, 6) is 3.81. The Morgan fingerprint density at radius 3 is 2.29 bits per heavy atom. The van der Waals surface area contributed by atoms with Crippen molar-refractivity contribution in [1.29, 1.82) is 0 Å². The van der Waals surface area contributed by atoms with Crippen molar-refractivity contribution in [1.82, 2.24) is 0 Å². The molecule has 70 valence electrons. The molecule has 0 saturated heterocycles. The van der Waals surface area contributed by atoms with Crippen molar-refractivity contribution < 1.29 is 0 Å². The topological polar surface area (TPSA) is 0 Å². The molecule has 2 fully saturated rings. The van der Waals surface area contributed by atoms with E-state index in [0.29, 0.717) is 0 Å². The minimum absolute atomic E-state index is 0.869. The fourth-order valence-electron chi connectivity index (χ4n) is 4.20. The third-order valence-corrected chi connectivity index (χ3v) is 4.87. The Hall–Kier alpha value is 0.0774. The molecule has 3 aliphatic rings. The van der Waals surface area contributed by atoms with Crippen molar-refractivity contribution in [2.24, 2.45) is 23.7 Å². The van der Waals surface area contributed by atoms with E-state index in [1.807, 2.05) is 0 Å². The summed E-state index contributed by atoms with van der Waals surface area (Å²) in [4.78, 5) is 0. The van der Waals surface area contributed by atoms with Crippen LogP contribution in [0.15, 0.2) is 24.3 Å². The Labute approximate surface area is 96.0 Å². The van der Waals surface area contributed by atoms with Crippen LogP contribution in [0.3, 0.4) is 0 Å². The molecule has 0 heterocycles. The number of hydrogen-bond acceptors (Lipinski definition) is 0. The van der Waals surface area contributed by atoms with Gasteiger partial charge in [-0.15, -0.1) is 0 Å². The van der Waals surface area contributed by atoms with Crippen LogP contribution in [0.5, 0.6) is 0 Å². The van der Waals surface area contributed by atoms with Crippen molar-refractivity contribution in [2.45, 2.75) is 30.3 Å². The first-order chi connectivity index (χ1) is 6.88. The van der Waals surface area contributed by atoms with Crippen LogP contribution in [-0.4, -0.2) is 17.7 Å². The van der Waals surface area contributed by atoms with Crippen molar-refractivity contribution in [3.05, 3.63) is 24.3 Å². The van der Waals surface area contributed by atoms with Gasteiger partial charge in [0.25, 0.3) is 0 Å². The van der Waals surface area contributed by atoms with Crippen LogP contribution in [0.4, 0.5) is 0 Å². The standard InChI is InChI=1S/C13H17.Li/c1-3-7-12-10(5-1)9-11-6-2-4-8-13(11)12;/h1,3,5,7,9-13H,2,4,6,8H2;. The summed E-state index contributed by atoms with van der Waals surface area (Å²) in [7, 11) is 0. The Bertz CT molecular complexity index is 279. The molecule has 5 unspecified atom stereocenters. The van der Waals surface area contributed by atoms with Gasteiger partial charge in [-0.2, -0.15) is 0 Å². The van der Waals surface area contributed by atoms with Gasteiger partial charge in [-0.3, -0.25) is 0 Å². The predicted molar refractivity (Wildman–Crippen MR) is 60.2 cm³/mol. The third-order valence-electron chi connectivity index (χ3n) is 4.87. The third kappa shape index (κ3) is 1.28. The Balaban J connectivity index is 1.91. The molecule has 5 atom stereocenters. The second-order valence-electron chi connectivity index (χ2n) is 5.40. The number of hydrogen-bond donors (Lipinski definition) is 0. The van der Waals surface area contributed by atoms with Gasteiger partial charge in [0.15, 0.2) is 0 Å². The zero-order valence-corrected chi connectivity index (χ0v) is 9.02. The van der Waals surface area contributed by atoms with E-state index >= 15 is 0 Å². The fourth-order valence-corrected chi connectivity index (χ4v) is 4.20. The van der Waals surface area contributed by atoms with Crippen molar-refractivity contribution in [3.63, 3.8) is 0 Å². The van der Waals surface area contributed by atoms with Crippen LogP contribution in [-0.2, 0) is 0 Å². The van der Waals surface area contributed by atoms with Crippen LogP contribution < -0.4 is 0 Å². The van der Waals surface area contributed by atoms with Gasteiger partial charge >= 0.3 is 96.0 Å². The van der Waals surface area contributed by atoms with Crippen molar-refractivity contribution in [3.8, 4) is 0 Å². The molecule has 0 radical (unpaired) electrons. The minimum atomic E-state index is 0.869. The predicted octanol–water partition coefficient (Wildman–Crippen LogP) is 3.12. The SMILES string of the molecule is [Li][CH]1C2C=CC=CC2C2CCCCC12. The van der Waals surface area contributed by atoms with Crippen molar-refractivity contribution in [2.75, 3.05) is 0 Å².